The van der Waals surface area contributed by atoms with Gasteiger partial charge < -0.3 is 15.4 Å². The Morgan fingerprint density at radius 2 is 2.23 bits per heavy atom. The highest BCUT2D eigenvalue weighted by Gasteiger charge is 2.05. The Balaban J connectivity index is 2.49. The molecule has 0 atom stereocenters. The van der Waals surface area contributed by atoms with E-state index in [0.717, 1.165) is 0 Å². The summed E-state index contributed by atoms with van der Waals surface area (Å²) in [6, 6.07) is 4.75. The van der Waals surface area contributed by atoms with Crippen LogP contribution in [0.1, 0.15) is 0 Å². The van der Waals surface area contributed by atoms with Crippen molar-refractivity contribution in [1.29, 1.82) is 0 Å². The van der Waals surface area contributed by atoms with Crippen molar-refractivity contribution < 1.29 is 9.63 Å². The Morgan fingerprint density at radius 1 is 1.38 bits per heavy atom. The molecule has 0 bridgehead atoms. The van der Waals surface area contributed by atoms with Crippen LogP contribution in [0.3, 0.4) is 0 Å². The van der Waals surface area contributed by atoms with Gasteiger partial charge in [-0.05, 0) is 18.2 Å². The van der Waals surface area contributed by atoms with Gasteiger partial charge in [-0.3, -0.25) is 0 Å². The van der Waals surface area contributed by atoms with Gasteiger partial charge in [0, 0.05) is 5.56 Å². The van der Waals surface area contributed by atoms with Gasteiger partial charge in [-0.15, -0.1) is 0 Å². The highest BCUT2D eigenvalue weighted by molar-refractivity contribution is 5.63. The van der Waals surface area contributed by atoms with Gasteiger partial charge in [0.05, 0.1) is 5.69 Å². The lowest BCUT2D eigenvalue weighted by atomic mass is 10.2. The molecule has 0 unspecified atom stereocenters. The first kappa shape index (κ1) is 7.60. The molecule has 1 aromatic heterocycles. The van der Waals surface area contributed by atoms with Crippen LogP contribution in [-0.4, -0.2) is 15.2 Å². The number of anilines is 1. The number of nitrogens with two attached hydrogens (primary N) is 1. The van der Waals surface area contributed by atoms with Crippen LogP contribution in [0.25, 0.3) is 11.5 Å². The zero-order valence-corrected chi connectivity index (χ0v) is 6.64. The fourth-order valence-corrected chi connectivity index (χ4v) is 0.977. The maximum absolute atomic E-state index is 9.28. The van der Waals surface area contributed by atoms with E-state index in [-0.39, 0.29) is 5.75 Å². The largest absolute Gasteiger partial charge is 0.506 e. The quantitative estimate of drug-likeness (QED) is 0.501. The van der Waals surface area contributed by atoms with E-state index in [2.05, 4.69) is 10.1 Å². The Hall–Kier alpha value is -2.04. The summed E-state index contributed by atoms with van der Waals surface area (Å²) < 4.78 is 4.80. The fourth-order valence-electron chi connectivity index (χ4n) is 0.977. The van der Waals surface area contributed by atoms with Gasteiger partial charge in [0.1, 0.15) is 5.75 Å². The summed E-state index contributed by atoms with van der Waals surface area (Å²) in [6.45, 7) is 0. The van der Waals surface area contributed by atoms with Gasteiger partial charge in [0.25, 0.3) is 5.89 Å². The van der Waals surface area contributed by atoms with Crippen molar-refractivity contribution >= 4 is 5.69 Å². The second-order valence-electron chi connectivity index (χ2n) is 2.52. The van der Waals surface area contributed by atoms with Crippen LogP contribution in [0.5, 0.6) is 5.75 Å². The minimum Gasteiger partial charge on any atom is -0.506 e. The first-order valence-corrected chi connectivity index (χ1v) is 3.63. The summed E-state index contributed by atoms with van der Waals surface area (Å²) in [6.07, 6.45) is 1.29. The number of benzene rings is 1. The summed E-state index contributed by atoms with van der Waals surface area (Å²) in [5, 5.41) is 12.7. The number of nitrogens with zero attached hydrogens (tertiary/aromatic N) is 2. The Labute approximate surface area is 73.8 Å². The predicted molar refractivity (Wildman–Crippen MR) is 45.8 cm³/mol. The molecule has 0 fully saturated rings. The van der Waals surface area contributed by atoms with Crippen LogP contribution in [0.15, 0.2) is 29.0 Å². The van der Waals surface area contributed by atoms with E-state index in [4.69, 9.17) is 10.3 Å². The molecular formula is C8H7N3O2. The number of aromatic hydroxyl groups is 1. The fraction of sp³-hybridized carbons (Fsp3) is 0. The normalized spacial score (nSPS) is 10.2. The van der Waals surface area contributed by atoms with Gasteiger partial charge in [0.2, 0.25) is 0 Å². The molecule has 0 spiro atoms. The van der Waals surface area contributed by atoms with Crippen LogP contribution >= 0.6 is 0 Å². The molecule has 5 nitrogen and oxygen atoms in total. The molecule has 0 aliphatic rings. The maximum Gasteiger partial charge on any atom is 0.257 e. The lowest BCUT2D eigenvalue weighted by molar-refractivity contribution is 0.429. The smallest absolute Gasteiger partial charge is 0.257 e. The van der Waals surface area contributed by atoms with Crippen molar-refractivity contribution in [2.45, 2.75) is 0 Å². The van der Waals surface area contributed by atoms with E-state index < -0.39 is 0 Å². The topological polar surface area (TPSA) is 85.2 Å². The molecule has 5 heteroatoms. The summed E-state index contributed by atoms with van der Waals surface area (Å²) in [5.41, 5.74) is 6.39. The van der Waals surface area contributed by atoms with Crippen LogP contribution < -0.4 is 5.73 Å². The van der Waals surface area contributed by atoms with Crippen LogP contribution in [0.2, 0.25) is 0 Å². The van der Waals surface area contributed by atoms with Crippen LogP contribution in [0, 0.1) is 0 Å². The van der Waals surface area contributed by atoms with Crippen LogP contribution in [-0.2, 0) is 0 Å². The van der Waals surface area contributed by atoms with Crippen molar-refractivity contribution in [2.24, 2.45) is 0 Å². The number of phenolic OH excluding ortho intramolecular Hbond substituents is 1. The first-order chi connectivity index (χ1) is 6.27. The molecule has 2 aromatic rings. The number of phenols is 1. The highest BCUT2D eigenvalue weighted by atomic mass is 16.5. The average molecular weight is 177 g/mol. The lowest BCUT2D eigenvalue weighted by Gasteiger charge is -1.98. The summed E-state index contributed by atoms with van der Waals surface area (Å²) in [7, 11) is 0. The molecule has 2 rings (SSSR count). The number of hydrogen-bond acceptors (Lipinski definition) is 5. The third kappa shape index (κ3) is 1.31. The monoisotopic (exact) mass is 177 g/mol. The Morgan fingerprint density at radius 3 is 2.85 bits per heavy atom. The molecule has 0 aliphatic carbocycles. The van der Waals surface area contributed by atoms with Crippen molar-refractivity contribution in [3.8, 4) is 17.2 Å². The predicted octanol–water partition coefficient (Wildman–Crippen LogP) is 1.02. The number of nitrogen functional groups attached to an aromatic ring is 1. The van der Waals surface area contributed by atoms with Gasteiger partial charge in [-0.25, -0.2) is 0 Å². The number of hydrogen-bond donors (Lipinski definition) is 2. The van der Waals surface area contributed by atoms with Gasteiger partial charge in [-0.2, -0.15) is 4.98 Å². The molecule has 66 valence electrons. The molecule has 0 aliphatic heterocycles. The first-order valence-electron chi connectivity index (χ1n) is 3.63. The van der Waals surface area contributed by atoms with E-state index in [1.807, 2.05) is 0 Å². The van der Waals surface area contributed by atoms with E-state index in [0.29, 0.717) is 17.1 Å². The zero-order valence-electron chi connectivity index (χ0n) is 6.64. The van der Waals surface area contributed by atoms with Gasteiger partial charge in [0.15, 0.2) is 6.33 Å². The molecule has 0 saturated heterocycles. The molecule has 3 N–H and O–H groups in total. The lowest BCUT2D eigenvalue weighted by Crippen LogP contribution is -1.85. The minimum absolute atomic E-state index is 0.00991. The second kappa shape index (κ2) is 2.78. The standard InChI is InChI=1S/C8H7N3O2/c9-6-2-1-5(3-7(6)12)8-10-4-11-13-8/h1-4,12H,9H2. The second-order valence-corrected chi connectivity index (χ2v) is 2.52. The van der Waals surface area contributed by atoms with Crippen molar-refractivity contribution in [2.75, 3.05) is 5.73 Å². The molecular weight excluding hydrogens is 170 g/mol. The maximum atomic E-state index is 9.28. The molecule has 0 amide bonds. The third-order valence-electron chi connectivity index (χ3n) is 1.64. The Kier molecular flexibility index (Phi) is 1.63. The SMILES string of the molecule is Nc1ccc(-c2ncno2)cc1O. The molecule has 1 heterocycles. The zero-order chi connectivity index (χ0) is 9.26. The minimum atomic E-state index is 0.00991. The number of aromatic nitrogens is 2. The van der Waals surface area contributed by atoms with E-state index in [1.54, 1.807) is 12.1 Å². The van der Waals surface area contributed by atoms with Crippen LogP contribution in [0.4, 0.5) is 5.69 Å². The summed E-state index contributed by atoms with van der Waals surface area (Å²) in [4.78, 5) is 3.83. The number of rotatable bonds is 1. The van der Waals surface area contributed by atoms with E-state index >= 15 is 0 Å². The molecule has 13 heavy (non-hydrogen) atoms. The van der Waals surface area contributed by atoms with Gasteiger partial charge in [-0.1, -0.05) is 5.16 Å². The van der Waals surface area contributed by atoms with Crippen molar-refractivity contribution in [1.82, 2.24) is 10.1 Å². The van der Waals surface area contributed by atoms with E-state index in [9.17, 15) is 5.11 Å². The summed E-state index contributed by atoms with van der Waals surface area (Å²) in [5.74, 6) is 0.367. The van der Waals surface area contributed by atoms with Gasteiger partial charge >= 0.3 is 0 Å². The van der Waals surface area contributed by atoms with Crippen molar-refractivity contribution in [3.05, 3.63) is 24.5 Å². The molecule has 1 aromatic carbocycles. The van der Waals surface area contributed by atoms with E-state index in [1.165, 1.54) is 12.4 Å². The molecule has 0 radical (unpaired) electrons. The third-order valence-corrected chi connectivity index (χ3v) is 1.64. The average Bonchev–Trinajstić information content (AvgIpc) is 2.62. The molecule has 0 saturated carbocycles. The highest BCUT2D eigenvalue weighted by Crippen LogP contribution is 2.26. The summed E-state index contributed by atoms with van der Waals surface area (Å²) >= 11 is 0. The van der Waals surface area contributed by atoms with Crippen molar-refractivity contribution in [3.63, 3.8) is 0 Å². The Bertz CT molecular complexity index is 411.